The lowest BCUT2D eigenvalue weighted by atomic mass is 10.2. The molecule has 1 heterocycles. The highest BCUT2D eigenvalue weighted by Gasteiger charge is 2.24. The maximum absolute atomic E-state index is 12.0. The average Bonchev–Trinajstić information content (AvgIpc) is 3.19. The van der Waals surface area contributed by atoms with Gasteiger partial charge in [0.15, 0.2) is 0 Å². The molecule has 0 aliphatic rings. The van der Waals surface area contributed by atoms with Gasteiger partial charge in [-0.2, -0.15) is 0 Å². The van der Waals surface area contributed by atoms with Gasteiger partial charge in [0.1, 0.15) is 23.7 Å². The number of ether oxygens (including phenoxy) is 1. The van der Waals surface area contributed by atoms with Gasteiger partial charge >= 0.3 is 13.8 Å². The monoisotopic (exact) mass is 450 g/mol. The predicted molar refractivity (Wildman–Crippen MR) is 120 cm³/mol. The van der Waals surface area contributed by atoms with Gasteiger partial charge < -0.3 is 14.2 Å². The van der Waals surface area contributed by atoms with Crippen molar-refractivity contribution in [3.63, 3.8) is 0 Å². The molecule has 0 aliphatic carbocycles. The topological polar surface area (TPSA) is 122 Å². The Morgan fingerprint density at radius 1 is 0.969 bits per heavy atom. The Morgan fingerprint density at radius 3 is 2.44 bits per heavy atom. The van der Waals surface area contributed by atoms with E-state index in [1.807, 2.05) is 60.7 Å². The minimum atomic E-state index is -4.95. The first-order chi connectivity index (χ1) is 15.4. The normalized spacial score (nSPS) is 11.7. The number of nitrogens with zero attached hydrogens (tertiary/aromatic N) is 1. The fourth-order valence-corrected chi connectivity index (χ4v) is 3.36. The largest absolute Gasteiger partial charge is 0.527 e. The summed E-state index contributed by atoms with van der Waals surface area (Å²) in [7, 11) is -4.95. The number of imidazole rings is 1. The molecule has 0 atom stereocenters. The smallest absolute Gasteiger partial charge is 0.489 e. The van der Waals surface area contributed by atoms with E-state index >= 15 is 0 Å². The molecule has 0 amide bonds. The minimum Gasteiger partial charge on any atom is -0.489 e. The number of carbonyl (C=O) groups is 1. The van der Waals surface area contributed by atoms with Crippen LogP contribution in [-0.2, 0) is 15.7 Å². The highest BCUT2D eigenvalue weighted by molar-refractivity contribution is 7.46. The van der Waals surface area contributed by atoms with E-state index in [2.05, 4.69) is 14.5 Å². The molecular weight excluding hydrogens is 431 g/mol. The molecule has 32 heavy (non-hydrogen) atoms. The van der Waals surface area contributed by atoms with Gasteiger partial charge in [0.05, 0.1) is 11.1 Å². The molecular formula is C23H19N2O6P. The Hall–Kier alpha value is -3.71. The zero-order chi connectivity index (χ0) is 22.6. The van der Waals surface area contributed by atoms with E-state index < -0.39 is 13.8 Å². The van der Waals surface area contributed by atoms with Crippen LogP contribution in [0.15, 0.2) is 72.8 Å². The van der Waals surface area contributed by atoms with E-state index in [1.54, 1.807) is 18.2 Å². The molecule has 3 aromatic carbocycles. The van der Waals surface area contributed by atoms with Gasteiger partial charge in [0.25, 0.3) is 0 Å². The van der Waals surface area contributed by atoms with Crippen LogP contribution in [0.5, 0.6) is 5.75 Å². The molecule has 9 heteroatoms. The highest BCUT2D eigenvalue weighted by atomic mass is 31.2. The lowest BCUT2D eigenvalue weighted by Crippen LogP contribution is -2.03. The van der Waals surface area contributed by atoms with E-state index in [0.717, 1.165) is 16.9 Å². The zero-order valence-corrected chi connectivity index (χ0v) is 17.6. The first-order valence-electron chi connectivity index (χ1n) is 9.60. The molecule has 8 nitrogen and oxygen atoms in total. The molecule has 0 unspecified atom stereocenters. The van der Waals surface area contributed by atoms with E-state index in [9.17, 15) is 9.36 Å². The number of hydrogen-bond donors (Lipinski definition) is 3. The summed E-state index contributed by atoms with van der Waals surface area (Å²) in [4.78, 5) is 37.2. The second-order valence-corrected chi connectivity index (χ2v) is 8.03. The van der Waals surface area contributed by atoms with Crippen LogP contribution in [0.2, 0.25) is 0 Å². The van der Waals surface area contributed by atoms with Gasteiger partial charge in [-0.25, -0.2) is 14.3 Å². The van der Waals surface area contributed by atoms with Crippen LogP contribution < -0.4 is 4.74 Å². The fourth-order valence-electron chi connectivity index (χ4n) is 3.04. The number of hydrogen-bond acceptors (Lipinski definition) is 5. The van der Waals surface area contributed by atoms with Crippen LogP contribution in [0, 0.1) is 0 Å². The number of carbonyl (C=O) groups excluding carboxylic acids is 1. The maximum atomic E-state index is 12.0. The Morgan fingerprint density at radius 2 is 1.72 bits per heavy atom. The van der Waals surface area contributed by atoms with Gasteiger partial charge in [-0.15, -0.1) is 0 Å². The number of phosphoric ester groups is 1. The van der Waals surface area contributed by atoms with Crippen LogP contribution in [0.3, 0.4) is 0 Å². The van der Waals surface area contributed by atoms with Gasteiger partial charge in [0.2, 0.25) is 0 Å². The van der Waals surface area contributed by atoms with Crippen LogP contribution in [0.4, 0.5) is 0 Å². The number of phosphoric acid groups is 1. The summed E-state index contributed by atoms with van der Waals surface area (Å²) in [6, 6.07) is 22.1. The van der Waals surface area contributed by atoms with Gasteiger partial charge in [-0.05, 0) is 41.5 Å². The minimum absolute atomic E-state index is 0.0401. The van der Waals surface area contributed by atoms with Crippen LogP contribution in [0.1, 0.15) is 27.3 Å². The molecule has 0 fully saturated rings. The van der Waals surface area contributed by atoms with E-state index in [1.165, 1.54) is 6.07 Å². The number of aromatic nitrogens is 2. The molecule has 0 saturated carbocycles. The maximum Gasteiger partial charge on any atom is 0.527 e. The van der Waals surface area contributed by atoms with Crippen molar-refractivity contribution in [3.8, 4) is 5.75 Å². The molecule has 4 aromatic rings. The molecule has 0 saturated heterocycles. The second kappa shape index (κ2) is 9.20. The summed E-state index contributed by atoms with van der Waals surface area (Å²) in [5.74, 6) is 0.0841. The molecule has 4 rings (SSSR count). The first-order valence-corrected chi connectivity index (χ1v) is 11.1. The van der Waals surface area contributed by atoms with Gasteiger partial charge in [0, 0.05) is 0 Å². The Labute approximate surface area is 183 Å². The van der Waals surface area contributed by atoms with Gasteiger partial charge in [-0.1, -0.05) is 54.6 Å². The molecule has 0 radical (unpaired) electrons. The van der Waals surface area contributed by atoms with Crippen molar-refractivity contribution in [1.29, 1.82) is 0 Å². The summed E-state index contributed by atoms with van der Waals surface area (Å²) >= 11 is 0. The van der Waals surface area contributed by atoms with Crippen molar-refractivity contribution < 1.29 is 28.4 Å². The Bertz CT molecular complexity index is 1310. The van der Waals surface area contributed by atoms with Crippen molar-refractivity contribution in [3.05, 3.63) is 95.3 Å². The Kier molecular flexibility index (Phi) is 6.18. The third kappa shape index (κ3) is 5.50. The van der Waals surface area contributed by atoms with E-state index in [4.69, 9.17) is 14.5 Å². The first kappa shape index (κ1) is 21.5. The summed E-state index contributed by atoms with van der Waals surface area (Å²) < 4.78 is 20.9. The quantitative estimate of drug-likeness (QED) is 0.353. The van der Waals surface area contributed by atoms with Crippen LogP contribution in [-0.4, -0.2) is 25.7 Å². The lowest BCUT2D eigenvalue weighted by molar-refractivity contribution is 0.0680. The van der Waals surface area contributed by atoms with Crippen molar-refractivity contribution in [2.75, 3.05) is 0 Å². The Balaban J connectivity index is 1.46. The summed E-state index contributed by atoms with van der Waals surface area (Å²) in [6.45, 7) is 0.488. The molecule has 3 N–H and O–H groups in total. The summed E-state index contributed by atoms with van der Waals surface area (Å²) in [5, 5.41) is 0. The number of rotatable bonds is 7. The molecule has 0 aliphatic heterocycles. The standard InChI is InChI=1S/C23H19N2O6P/c26-23(31-32(27,28)29)19-7-4-8-20-22(19)25-21(24-20)14-11-16-9-12-18(13-10-16)30-15-17-5-2-1-3-6-17/h1-14H,15H2,(H,24,25)(H2,27,28,29)/b14-11+. The SMILES string of the molecule is O=C(OP(=O)(O)O)c1cccc2[nH]c(/C=C/c3ccc(OCc4ccccc4)cc3)nc12. The number of benzene rings is 3. The molecule has 162 valence electrons. The number of nitrogens with one attached hydrogen (secondary N) is 1. The van der Waals surface area contributed by atoms with Crippen molar-refractivity contribution in [2.24, 2.45) is 0 Å². The third-order valence-corrected chi connectivity index (χ3v) is 4.92. The third-order valence-electron chi connectivity index (χ3n) is 4.51. The average molecular weight is 450 g/mol. The van der Waals surface area contributed by atoms with Crippen LogP contribution >= 0.6 is 7.82 Å². The number of H-pyrrole nitrogens is 1. The van der Waals surface area contributed by atoms with Crippen molar-refractivity contribution >= 4 is 37.0 Å². The molecule has 0 bridgehead atoms. The number of aromatic amines is 1. The van der Waals surface area contributed by atoms with E-state index in [0.29, 0.717) is 17.9 Å². The molecule has 1 aromatic heterocycles. The summed E-state index contributed by atoms with van der Waals surface area (Å²) in [6.07, 6.45) is 3.57. The van der Waals surface area contributed by atoms with Crippen molar-refractivity contribution in [1.82, 2.24) is 9.97 Å². The second-order valence-electron chi connectivity index (χ2n) is 6.87. The number of fused-ring (bicyclic) bond motifs is 1. The highest BCUT2D eigenvalue weighted by Crippen LogP contribution is 2.37. The fraction of sp³-hybridized carbons (Fsp3) is 0.0435. The molecule has 0 spiro atoms. The van der Waals surface area contributed by atoms with Crippen molar-refractivity contribution in [2.45, 2.75) is 6.61 Å². The van der Waals surface area contributed by atoms with Gasteiger partial charge in [-0.3, -0.25) is 9.79 Å². The zero-order valence-electron chi connectivity index (χ0n) is 16.7. The lowest BCUT2D eigenvalue weighted by Gasteiger charge is -2.06. The predicted octanol–water partition coefficient (Wildman–Crippen LogP) is 4.56. The van der Waals surface area contributed by atoms with E-state index in [-0.39, 0.29) is 11.1 Å². The summed E-state index contributed by atoms with van der Waals surface area (Å²) in [5.41, 5.74) is 2.76. The van der Waals surface area contributed by atoms with Crippen LogP contribution in [0.25, 0.3) is 23.2 Å². The number of para-hydroxylation sites is 1.